The molecule has 0 spiro atoms. The number of epoxide rings is 1. The van der Waals surface area contributed by atoms with Crippen LogP contribution < -0.4 is 9.47 Å². The number of hydrogen-bond donors (Lipinski definition) is 4. The van der Waals surface area contributed by atoms with E-state index in [1.807, 2.05) is 62.4 Å². The van der Waals surface area contributed by atoms with Crippen molar-refractivity contribution in [1.82, 2.24) is 0 Å². The van der Waals surface area contributed by atoms with Crippen LogP contribution in [0.3, 0.4) is 0 Å². The topological polar surface area (TPSA) is 236 Å². The second-order valence-corrected chi connectivity index (χ2v) is 17.0. The van der Waals surface area contributed by atoms with Crippen molar-refractivity contribution >= 4 is 23.9 Å². The summed E-state index contributed by atoms with van der Waals surface area (Å²) in [5, 5.41) is 39.4. The molecule has 3 rings (SSSR count). The normalized spacial score (nSPS) is 16.8. The molecular weight excluding hydrogens is 873 g/mol. The van der Waals surface area contributed by atoms with Crippen LogP contribution in [0.15, 0.2) is 97.1 Å². The highest BCUT2D eigenvalue weighted by Crippen LogP contribution is 2.34. The number of carbonyl (C=O) groups is 4. The van der Waals surface area contributed by atoms with E-state index in [1.54, 1.807) is 13.8 Å². The van der Waals surface area contributed by atoms with Crippen LogP contribution in [-0.4, -0.2) is 146 Å². The summed E-state index contributed by atoms with van der Waals surface area (Å²) in [5.41, 5.74) is 2.97. The third kappa shape index (κ3) is 22.3. The minimum atomic E-state index is -0.974. The van der Waals surface area contributed by atoms with Gasteiger partial charge in [0.1, 0.15) is 75.6 Å². The Labute approximate surface area is 393 Å². The summed E-state index contributed by atoms with van der Waals surface area (Å²) in [6, 6.07) is 15.8. The Kier molecular flexibility index (Phi) is 24.7. The Bertz CT molecular complexity index is 1840. The molecule has 8 unspecified atom stereocenters. The monoisotopic (exact) mass is 942 g/mol. The number of rotatable bonds is 29. The molecule has 17 nitrogen and oxygen atoms in total. The maximum absolute atomic E-state index is 11.4. The molecule has 2 aromatic carbocycles. The first kappa shape index (κ1) is 57.7. The fraction of sp³-hybridized carbons (Fsp3) is 0.520. The van der Waals surface area contributed by atoms with E-state index in [-0.39, 0.29) is 105 Å². The summed E-state index contributed by atoms with van der Waals surface area (Å²) in [6.45, 7) is 27.8. The van der Waals surface area contributed by atoms with E-state index in [1.165, 1.54) is 13.8 Å². The SMILES string of the molecule is C=C(C)C(=O)OCC(O)CC1OC1C(O)COC(=O)C(=C)C.C=C(C)C(=O)OCC(O)COC(C)COc1ccc(C(C)(C)c2ccc(OCC(C)OCC(O)COC(=O)C(=C)C)cc2)cc1. The van der Waals surface area contributed by atoms with Crippen LogP contribution >= 0.6 is 0 Å². The molecule has 0 aliphatic carbocycles. The number of ether oxygens (including phenoxy) is 9. The molecule has 0 saturated carbocycles. The number of hydrogen-bond acceptors (Lipinski definition) is 17. The second-order valence-electron chi connectivity index (χ2n) is 17.0. The Hall–Kier alpha value is -5.40. The third-order valence-corrected chi connectivity index (χ3v) is 9.77. The lowest BCUT2D eigenvalue weighted by Gasteiger charge is -2.27. The zero-order chi connectivity index (χ0) is 50.4. The second kappa shape index (κ2) is 28.7. The summed E-state index contributed by atoms with van der Waals surface area (Å²) < 4.78 is 47.6. The molecule has 8 atom stereocenters. The van der Waals surface area contributed by atoms with Crippen molar-refractivity contribution in [3.63, 3.8) is 0 Å². The average Bonchev–Trinajstić information content (AvgIpc) is 4.06. The van der Waals surface area contributed by atoms with E-state index < -0.39 is 54.4 Å². The zero-order valence-corrected chi connectivity index (χ0v) is 40.0. The molecule has 1 aliphatic heterocycles. The molecule has 1 saturated heterocycles. The van der Waals surface area contributed by atoms with Crippen molar-refractivity contribution in [2.75, 3.05) is 52.9 Å². The number of benzene rings is 2. The van der Waals surface area contributed by atoms with Gasteiger partial charge in [-0.2, -0.15) is 0 Å². The summed E-state index contributed by atoms with van der Waals surface area (Å²) in [4.78, 5) is 45.2. The molecule has 1 aliphatic rings. The smallest absolute Gasteiger partial charge is 0.333 e. The van der Waals surface area contributed by atoms with Crippen molar-refractivity contribution in [3.8, 4) is 11.5 Å². The van der Waals surface area contributed by atoms with E-state index in [4.69, 9.17) is 42.6 Å². The van der Waals surface area contributed by atoms with E-state index in [0.717, 1.165) is 11.1 Å². The van der Waals surface area contributed by atoms with Gasteiger partial charge in [-0.15, -0.1) is 0 Å². The number of aliphatic hydroxyl groups is 4. The zero-order valence-electron chi connectivity index (χ0n) is 40.0. The first-order valence-corrected chi connectivity index (χ1v) is 21.8. The highest BCUT2D eigenvalue weighted by Gasteiger charge is 2.45. The van der Waals surface area contributed by atoms with E-state index in [9.17, 15) is 39.6 Å². The highest BCUT2D eigenvalue weighted by molar-refractivity contribution is 5.88. The molecule has 0 radical (unpaired) electrons. The molecule has 4 N–H and O–H groups in total. The minimum absolute atomic E-state index is 0.0122. The predicted octanol–water partition coefficient (Wildman–Crippen LogP) is 4.65. The molecule has 0 bridgehead atoms. The fourth-order valence-corrected chi connectivity index (χ4v) is 5.56. The standard InChI is InChI=1S/C35H48O10.C15H22O7/c1-23(2)33(38)44-21-29(36)19-40-25(5)17-42-31-13-9-27(10-14-31)35(7,8)28-11-15-32(16-12-28)43-18-26(6)41-20-30(37)22-45-34(39)24(3)4;1-8(2)14(18)20-6-10(16)5-12-13(22-12)11(17)7-21-15(19)9(3)4/h9-16,25-26,29-30,36-37H,1,3,17-22H2,2,4-8H3;10-13,16-17H,1,3,5-7H2,2,4H3. The Morgan fingerprint density at radius 2 is 0.866 bits per heavy atom. The van der Waals surface area contributed by atoms with Crippen LogP contribution in [0, 0.1) is 0 Å². The molecule has 17 heteroatoms. The first-order valence-electron chi connectivity index (χ1n) is 21.8. The minimum Gasteiger partial charge on any atom is -0.491 e. The Morgan fingerprint density at radius 1 is 0.537 bits per heavy atom. The van der Waals surface area contributed by atoms with Gasteiger partial charge < -0.3 is 63.1 Å². The molecular formula is C50H70O17. The van der Waals surface area contributed by atoms with Gasteiger partial charge in [0.25, 0.3) is 0 Å². The van der Waals surface area contributed by atoms with Gasteiger partial charge in [-0.3, -0.25) is 0 Å². The van der Waals surface area contributed by atoms with Gasteiger partial charge in [-0.05, 0) is 76.9 Å². The van der Waals surface area contributed by atoms with Gasteiger partial charge >= 0.3 is 23.9 Å². The summed E-state index contributed by atoms with van der Waals surface area (Å²) in [5.74, 6) is -0.856. The number of esters is 4. The van der Waals surface area contributed by atoms with E-state index in [0.29, 0.717) is 11.5 Å². The van der Waals surface area contributed by atoms with Crippen LogP contribution in [0.25, 0.3) is 0 Å². The summed E-state index contributed by atoms with van der Waals surface area (Å²) in [7, 11) is 0. The van der Waals surface area contributed by atoms with Crippen molar-refractivity contribution in [3.05, 3.63) is 108 Å². The summed E-state index contributed by atoms with van der Waals surface area (Å²) >= 11 is 0. The van der Waals surface area contributed by atoms with Crippen molar-refractivity contribution in [2.45, 2.75) is 116 Å². The van der Waals surface area contributed by atoms with Gasteiger partial charge in [-0.25, -0.2) is 19.2 Å². The quantitative estimate of drug-likeness (QED) is 0.0376. The van der Waals surface area contributed by atoms with E-state index in [2.05, 4.69) is 40.2 Å². The van der Waals surface area contributed by atoms with Crippen LogP contribution in [0.4, 0.5) is 0 Å². The highest BCUT2D eigenvalue weighted by atomic mass is 16.6. The van der Waals surface area contributed by atoms with Crippen molar-refractivity contribution < 1.29 is 82.2 Å². The molecule has 67 heavy (non-hydrogen) atoms. The van der Waals surface area contributed by atoms with Crippen LogP contribution in [0.5, 0.6) is 11.5 Å². The van der Waals surface area contributed by atoms with Crippen LogP contribution in [0.2, 0.25) is 0 Å². The largest absolute Gasteiger partial charge is 0.491 e. The molecule has 372 valence electrons. The molecule has 0 aromatic heterocycles. The third-order valence-electron chi connectivity index (χ3n) is 9.77. The predicted molar refractivity (Wildman–Crippen MR) is 247 cm³/mol. The molecule has 1 fully saturated rings. The van der Waals surface area contributed by atoms with Crippen LogP contribution in [-0.2, 0) is 57.8 Å². The van der Waals surface area contributed by atoms with E-state index >= 15 is 0 Å². The lowest BCUT2D eigenvalue weighted by atomic mass is 9.78. The van der Waals surface area contributed by atoms with Gasteiger partial charge in [0.05, 0.1) is 37.6 Å². The van der Waals surface area contributed by atoms with Gasteiger partial charge in [-0.1, -0.05) is 64.4 Å². The Balaban J connectivity index is 0.000000585. The fourth-order valence-electron chi connectivity index (χ4n) is 5.56. The lowest BCUT2D eigenvalue weighted by Crippen LogP contribution is -2.28. The van der Waals surface area contributed by atoms with Crippen LogP contribution in [0.1, 0.15) is 72.9 Å². The maximum Gasteiger partial charge on any atom is 0.333 e. The van der Waals surface area contributed by atoms with Gasteiger partial charge in [0, 0.05) is 34.1 Å². The summed E-state index contributed by atoms with van der Waals surface area (Å²) in [6.07, 6.45) is -4.98. The first-order chi connectivity index (χ1) is 31.4. The van der Waals surface area contributed by atoms with Crippen molar-refractivity contribution in [2.24, 2.45) is 0 Å². The number of carbonyl (C=O) groups excluding carboxylic acids is 4. The number of aliphatic hydroxyl groups excluding tert-OH is 4. The average molecular weight is 943 g/mol. The molecule has 2 aromatic rings. The maximum atomic E-state index is 11.4. The van der Waals surface area contributed by atoms with Gasteiger partial charge in [0.2, 0.25) is 0 Å². The molecule has 1 heterocycles. The molecule has 0 amide bonds. The Morgan fingerprint density at radius 3 is 1.21 bits per heavy atom. The lowest BCUT2D eigenvalue weighted by molar-refractivity contribution is -0.144. The van der Waals surface area contributed by atoms with Gasteiger partial charge in [0.15, 0.2) is 0 Å². The van der Waals surface area contributed by atoms with Crippen molar-refractivity contribution in [1.29, 1.82) is 0 Å².